The van der Waals surface area contributed by atoms with Crippen LogP contribution in [0.1, 0.15) is 38.1 Å². The molecule has 0 spiro atoms. The molecule has 0 aromatic carbocycles. The van der Waals surface area contributed by atoms with E-state index in [1.807, 2.05) is 11.7 Å². The van der Waals surface area contributed by atoms with Gasteiger partial charge in [0.05, 0.1) is 16.4 Å². The van der Waals surface area contributed by atoms with Gasteiger partial charge in [0.15, 0.2) is 0 Å². The molecule has 1 aliphatic heterocycles. The number of aromatic nitrogens is 2. The standard InChI is InChI=1S/C15H27ClN4/c1-4-13-15(16)14(19(3)18-13)10-17-9-12(2)11-20-7-5-6-8-20/h12,17H,4-11H2,1-3H3. The Balaban J connectivity index is 1.76. The maximum atomic E-state index is 6.35. The van der Waals surface area contributed by atoms with Crippen LogP contribution in [0.2, 0.25) is 5.02 Å². The van der Waals surface area contributed by atoms with E-state index in [1.54, 1.807) is 0 Å². The van der Waals surface area contributed by atoms with Gasteiger partial charge in [-0.1, -0.05) is 25.4 Å². The zero-order valence-electron chi connectivity index (χ0n) is 13.0. The van der Waals surface area contributed by atoms with Gasteiger partial charge in [0, 0.05) is 20.1 Å². The van der Waals surface area contributed by atoms with Crippen LogP contribution in [0.4, 0.5) is 0 Å². The van der Waals surface area contributed by atoms with E-state index in [4.69, 9.17) is 11.6 Å². The van der Waals surface area contributed by atoms with E-state index in [0.717, 1.165) is 35.9 Å². The molecule has 0 bridgehead atoms. The first-order chi connectivity index (χ1) is 9.61. The molecule has 0 saturated carbocycles. The van der Waals surface area contributed by atoms with Crippen LogP contribution >= 0.6 is 11.6 Å². The number of nitrogens with zero attached hydrogens (tertiary/aromatic N) is 3. The number of hydrogen-bond donors (Lipinski definition) is 1. The largest absolute Gasteiger partial charge is 0.311 e. The van der Waals surface area contributed by atoms with Crippen LogP contribution in [0, 0.1) is 5.92 Å². The summed E-state index contributed by atoms with van der Waals surface area (Å²) in [5.74, 6) is 0.672. The quantitative estimate of drug-likeness (QED) is 0.839. The number of aryl methyl sites for hydroxylation is 2. The van der Waals surface area contributed by atoms with Crippen molar-refractivity contribution in [3.05, 3.63) is 16.4 Å². The zero-order chi connectivity index (χ0) is 14.5. The highest BCUT2D eigenvalue weighted by Gasteiger charge is 2.15. The summed E-state index contributed by atoms with van der Waals surface area (Å²) >= 11 is 6.35. The summed E-state index contributed by atoms with van der Waals surface area (Å²) in [5, 5.41) is 8.80. The minimum absolute atomic E-state index is 0.672. The van der Waals surface area contributed by atoms with Crippen molar-refractivity contribution in [1.82, 2.24) is 20.0 Å². The van der Waals surface area contributed by atoms with Crippen LogP contribution in [0.5, 0.6) is 0 Å². The lowest BCUT2D eigenvalue weighted by atomic mass is 10.1. The van der Waals surface area contributed by atoms with Gasteiger partial charge in [-0.15, -0.1) is 0 Å². The van der Waals surface area contributed by atoms with Gasteiger partial charge in [-0.2, -0.15) is 5.10 Å². The van der Waals surface area contributed by atoms with E-state index in [9.17, 15) is 0 Å². The number of nitrogens with one attached hydrogen (secondary N) is 1. The lowest BCUT2D eigenvalue weighted by molar-refractivity contribution is 0.282. The van der Waals surface area contributed by atoms with Crippen molar-refractivity contribution in [3.63, 3.8) is 0 Å². The maximum absolute atomic E-state index is 6.35. The van der Waals surface area contributed by atoms with Crippen molar-refractivity contribution in [3.8, 4) is 0 Å². The van der Waals surface area contributed by atoms with Crippen LogP contribution in [0.15, 0.2) is 0 Å². The molecule has 0 radical (unpaired) electrons. The van der Waals surface area contributed by atoms with Crippen molar-refractivity contribution in [2.75, 3.05) is 26.2 Å². The SMILES string of the molecule is CCc1nn(C)c(CNCC(C)CN2CCCC2)c1Cl. The van der Waals surface area contributed by atoms with Gasteiger partial charge < -0.3 is 10.2 Å². The molecule has 2 rings (SSSR count). The smallest absolute Gasteiger partial charge is 0.0863 e. The average Bonchev–Trinajstić information content (AvgIpc) is 3.01. The van der Waals surface area contributed by atoms with Gasteiger partial charge in [-0.05, 0) is 44.8 Å². The van der Waals surface area contributed by atoms with Crippen molar-refractivity contribution in [1.29, 1.82) is 0 Å². The Hall–Kier alpha value is -0.580. The fourth-order valence-corrected chi connectivity index (χ4v) is 3.28. The highest BCUT2D eigenvalue weighted by molar-refractivity contribution is 6.31. The second-order valence-electron chi connectivity index (χ2n) is 5.93. The van der Waals surface area contributed by atoms with Crippen LogP contribution in [-0.2, 0) is 20.0 Å². The Morgan fingerprint density at radius 2 is 2.05 bits per heavy atom. The lowest BCUT2D eigenvalue weighted by Gasteiger charge is -2.20. The molecule has 1 saturated heterocycles. The van der Waals surface area contributed by atoms with Crippen molar-refractivity contribution < 1.29 is 0 Å². The average molecular weight is 299 g/mol. The summed E-state index contributed by atoms with van der Waals surface area (Å²) in [4.78, 5) is 2.57. The minimum Gasteiger partial charge on any atom is -0.311 e. The molecule has 0 amide bonds. The molecular formula is C15H27ClN4. The minimum atomic E-state index is 0.672. The summed E-state index contributed by atoms with van der Waals surface area (Å²) in [5.41, 5.74) is 2.09. The first kappa shape index (κ1) is 15.8. The molecule has 4 nitrogen and oxygen atoms in total. The Bertz CT molecular complexity index is 424. The molecule has 1 atom stereocenters. The van der Waals surface area contributed by atoms with Gasteiger partial charge >= 0.3 is 0 Å². The third-order valence-electron chi connectivity index (χ3n) is 4.06. The Kier molecular flexibility index (Phi) is 5.87. The van der Waals surface area contributed by atoms with E-state index in [0.29, 0.717) is 5.92 Å². The summed E-state index contributed by atoms with van der Waals surface area (Å²) in [7, 11) is 1.97. The molecule has 2 heterocycles. The molecular weight excluding hydrogens is 272 g/mol. The highest BCUT2D eigenvalue weighted by Crippen LogP contribution is 2.20. The van der Waals surface area contributed by atoms with Gasteiger partial charge in [0.25, 0.3) is 0 Å². The van der Waals surface area contributed by atoms with E-state index in [1.165, 1.54) is 32.5 Å². The molecule has 1 aromatic rings. The third-order valence-corrected chi connectivity index (χ3v) is 4.49. The van der Waals surface area contributed by atoms with Gasteiger partial charge in [-0.3, -0.25) is 4.68 Å². The van der Waals surface area contributed by atoms with Crippen LogP contribution < -0.4 is 5.32 Å². The number of likely N-dealkylation sites (tertiary alicyclic amines) is 1. The van der Waals surface area contributed by atoms with Gasteiger partial charge in [-0.25, -0.2) is 0 Å². The Morgan fingerprint density at radius 3 is 2.65 bits per heavy atom. The Labute approximate surface area is 127 Å². The molecule has 20 heavy (non-hydrogen) atoms. The topological polar surface area (TPSA) is 33.1 Å². The zero-order valence-corrected chi connectivity index (χ0v) is 13.7. The first-order valence-electron chi connectivity index (χ1n) is 7.75. The second kappa shape index (κ2) is 7.43. The Morgan fingerprint density at radius 1 is 1.35 bits per heavy atom. The summed E-state index contributed by atoms with van der Waals surface area (Å²) in [6.45, 7) is 9.98. The molecule has 1 fully saturated rings. The molecule has 1 aromatic heterocycles. The van der Waals surface area contributed by atoms with Crippen LogP contribution in [0.25, 0.3) is 0 Å². The highest BCUT2D eigenvalue weighted by atomic mass is 35.5. The van der Waals surface area contributed by atoms with Crippen LogP contribution in [0.3, 0.4) is 0 Å². The predicted molar refractivity (Wildman–Crippen MR) is 84.1 cm³/mol. The molecule has 1 unspecified atom stereocenters. The van der Waals surface area contributed by atoms with E-state index < -0.39 is 0 Å². The van der Waals surface area contributed by atoms with E-state index in [2.05, 4.69) is 29.2 Å². The van der Waals surface area contributed by atoms with Crippen molar-refractivity contribution in [2.45, 2.75) is 39.7 Å². The molecule has 5 heteroatoms. The number of rotatable bonds is 7. The molecule has 0 aliphatic carbocycles. The first-order valence-corrected chi connectivity index (χ1v) is 8.13. The van der Waals surface area contributed by atoms with E-state index in [-0.39, 0.29) is 0 Å². The summed E-state index contributed by atoms with van der Waals surface area (Å²) in [6, 6.07) is 0. The van der Waals surface area contributed by atoms with Gasteiger partial charge in [0.1, 0.15) is 0 Å². The fourth-order valence-electron chi connectivity index (χ4n) is 2.92. The monoisotopic (exact) mass is 298 g/mol. The maximum Gasteiger partial charge on any atom is 0.0863 e. The summed E-state index contributed by atoms with van der Waals surface area (Å²) < 4.78 is 1.90. The van der Waals surface area contributed by atoms with E-state index >= 15 is 0 Å². The molecule has 1 aliphatic rings. The van der Waals surface area contributed by atoms with Crippen molar-refractivity contribution in [2.24, 2.45) is 13.0 Å². The second-order valence-corrected chi connectivity index (χ2v) is 6.31. The lowest BCUT2D eigenvalue weighted by Crippen LogP contribution is -2.31. The number of halogens is 1. The van der Waals surface area contributed by atoms with Gasteiger partial charge in [0.2, 0.25) is 0 Å². The summed E-state index contributed by atoms with van der Waals surface area (Å²) in [6.07, 6.45) is 3.62. The van der Waals surface area contributed by atoms with Crippen molar-refractivity contribution >= 4 is 11.6 Å². The molecule has 114 valence electrons. The normalized spacial score (nSPS) is 17.8. The predicted octanol–water partition coefficient (Wildman–Crippen LogP) is 2.46. The molecule has 1 N–H and O–H groups in total. The third kappa shape index (κ3) is 3.96. The van der Waals surface area contributed by atoms with Crippen LogP contribution in [-0.4, -0.2) is 40.9 Å². The number of hydrogen-bond acceptors (Lipinski definition) is 3. The fraction of sp³-hybridized carbons (Fsp3) is 0.800.